The SMILES string of the molecule is CC(C)(C)CC(C)(C)c1ccccc1-c1ccc([O-])c(Sc2cc(-c3ccccc3C(C)(C)CC(C)(C)C)ccc2[O-])c1.[Ni+2]. The molecule has 0 saturated carbocycles. The molecular formula is C40H48NiO2S. The van der Waals surface area contributed by atoms with E-state index in [4.69, 9.17) is 0 Å². The van der Waals surface area contributed by atoms with Crippen LogP contribution in [0.25, 0.3) is 22.3 Å². The Bertz CT molecular complexity index is 1470. The van der Waals surface area contributed by atoms with Crippen LogP contribution in [0.3, 0.4) is 0 Å². The van der Waals surface area contributed by atoms with Gasteiger partial charge in [-0.05, 0) is 80.0 Å². The Labute approximate surface area is 280 Å². The van der Waals surface area contributed by atoms with E-state index in [2.05, 4.69) is 118 Å². The van der Waals surface area contributed by atoms with Gasteiger partial charge in [0.25, 0.3) is 0 Å². The second kappa shape index (κ2) is 13.4. The number of benzene rings is 4. The molecule has 0 fully saturated rings. The van der Waals surface area contributed by atoms with Crippen molar-refractivity contribution in [1.82, 2.24) is 0 Å². The first-order valence-corrected chi connectivity index (χ1v) is 16.2. The summed E-state index contributed by atoms with van der Waals surface area (Å²) in [7, 11) is 0. The van der Waals surface area contributed by atoms with Crippen LogP contribution in [0.1, 0.15) is 93.2 Å². The first-order valence-electron chi connectivity index (χ1n) is 15.4. The summed E-state index contributed by atoms with van der Waals surface area (Å²) in [5.41, 5.74) is 7.02. The first-order chi connectivity index (χ1) is 19.9. The molecule has 236 valence electrons. The van der Waals surface area contributed by atoms with Crippen molar-refractivity contribution in [1.29, 1.82) is 0 Å². The van der Waals surface area contributed by atoms with Gasteiger partial charge in [-0.3, -0.25) is 0 Å². The predicted molar refractivity (Wildman–Crippen MR) is 181 cm³/mol. The molecule has 4 heteroatoms. The Morgan fingerprint density at radius 2 is 0.841 bits per heavy atom. The Morgan fingerprint density at radius 1 is 0.500 bits per heavy atom. The first kappa shape index (κ1) is 35.8. The molecule has 0 radical (unpaired) electrons. The van der Waals surface area contributed by atoms with Crippen LogP contribution in [-0.4, -0.2) is 0 Å². The Morgan fingerprint density at radius 3 is 1.18 bits per heavy atom. The minimum atomic E-state index is -0.0725. The van der Waals surface area contributed by atoms with Crippen molar-refractivity contribution in [2.45, 2.75) is 103 Å². The van der Waals surface area contributed by atoms with Crippen LogP contribution in [0, 0.1) is 10.8 Å². The van der Waals surface area contributed by atoms with Crippen molar-refractivity contribution in [2.75, 3.05) is 0 Å². The van der Waals surface area contributed by atoms with Gasteiger partial charge in [0, 0.05) is 9.79 Å². The molecule has 0 aromatic heterocycles. The van der Waals surface area contributed by atoms with Gasteiger partial charge in [-0.15, -0.1) is 0 Å². The quantitative estimate of drug-likeness (QED) is 0.178. The van der Waals surface area contributed by atoms with Gasteiger partial charge < -0.3 is 10.2 Å². The van der Waals surface area contributed by atoms with E-state index in [1.165, 1.54) is 22.9 Å². The minimum absolute atomic E-state index is 0. The molecule has 44 heavy (non-hydrogen) atoms. The maximum Gasteiger partial charge on any atom is 2.00 e. The van der Waals surface area contributed by atoms with Crippen molar-refractivity contribution in [3.63, 3.8) is 0 Å². The summed E-state index contributed by atoms with van der Waals surface area (Å²) in [5.74, 6) is -0.145. The molecule has 4 aromatic rings. The molecule has 2 nitrogen and oxygen atoms in total. The summed E-state index contributed by atoms with van der Waals surface area (Å²) in [4.78, 5) is 1.13. The second-order valence-corrected chi connectivity index (χ2v) is 16.8. The van der Waals surface area contributed by atoms with Crippen LogP contribution in [0.5, 0.6) is 11.5 Å². The summed E-state index contributed by atoms with van der Waals surface area (Å²) < 4.78 is 0. The number of hydrogen-bond acceptors (Lipinski definition) is 3. The van der Waals surface area contributed by atoms with Gasteiger partial charge >= 0.3 is 16.5 Å². The van der Waals surface area contributed by atoms with Crippen LogP contribution in [0.2, 0.25) is 0 Å². The third-order valence-corrected chi connectivity index (χ3v) is 9.06. The van der Waals surface area contributed by atoms with Crippen LogP contribution >= 0.6 is 11.8 Å². The fourth-order valence-corrected chi connectivity index (χ4v) is 8.07. The molecule has 0 N–H and O–H groups in total. The predicted octanol–water partition coefficient (Wildman–Crippen LogP) is 10.7. The van der Waals surface area contributed by atoms with Crippen LogP contribution in [0.4, 0.5) is 0 Å². The van der Waals surface area contributed by atoms with Crippen LogP contribution < -0.4 is 10.2 Å². The molecule has 0 atom stereocenters. The average Bonchev–Trinajstić information content (AvgIpc) is 2.88. The van der Waals surface area contributed by atoms with Crippen molar-refractivity contribution >= 4 is 11.8 Å². The summed E-state index contributed by atoms with van der Waals surface area (Å²) in [6, 6.07) is 28.0. The van der Waals surface area contributed by atoms with E-state index >= 15 is 0 Å². The molecule has 0 aliphatic heterocycles. The third kappa shape index (κ3) is 8.73. The van der Waals surface area contributed by atoms with E-state index in [0.29, 0.717) is 9.79 Å². The van der Waals surface area contributed by atoms with Gasteiger partial charge in [0.05, 0.1) is 0 Å². The van der Waals surface area contributed by atoms with Gasteiger partial charge in [-0.2, -0.15) is 0 Å². The maximum atomic E-state index is 13.1. The number of rotatable bonds is 8. The molecule has 0 amide bonds. The van der Waals surface area contributed by atoms with E-state index in [0.717, 1.165) is 35.1 Å². The van der Waals surface area contributed by atoms with Gasteiger partial charge in [0.2, 0.25) is 0 Å². The van der Waals surface area contributed by atoms with Crippen molar-refractivity contribution in [2.24, 2.45) is 10.8 Å². The third-order valence-electron chi connectivity index (χ3n) is 7.99. The summed E-state index contributed by atoms with van der Waals surface area (Å²) in [6.45, 7) is 22.8. The van der Waals surface area contributed by atoms with Crippen LogP contribution in [0.15, 0.2) is 94.7 Å². The van der Waals surface area contributed by atoms with Gasteiger partial charge in [0.15, 0.2) is 0 Å². The van der Waals surface area contributed by atoms with E-state index in [-0.39, 0.29) is 49.7 Å². The normalized spacial score (nSPS) is 12.6. The summed E-state index contributed by atoms with van der Waals surface area (Å²) in [5, 5.41) is 26.3. The number of hydrogen-bond donors (Lipinski definition) is 0. The van der Waals surface area contributed by atoms with E-state index in [1.54, 1.807) is 12.1 Å². The molecule has 4 aromatic carbocycles. The molecule has 0 aliphatic rings. The zero-order chi connectivity index (χ0) is 31.8. The molecular weight excluding hydrogens is 603 g/mol. The molecule has 0 unspecified atom stereocenters. The summed E-state index contributed by atoms with van der Waals surface area (Å²) in [6.07, 6.45) is 2.05. The molecule has 0 heterocycles. The van der Waals surface area contributed by atoms with Gasteiger partial charge in [0.1, 0.15) is 0 Å². The molecule has 0 spiro atoms. The van der Waals surface area contributed by atoms with E-state index in [9.17, 15) is 10.2 Å². The maximum absolute atomic E-state index is 13.1. The van der Waals surface area contributed by atoms with Crippen molar-refractivity contribution in [3.05, 3.63) is 96.1 Å². The fraction of sp³-hybridized carbons (Fsp3) is 0.400. The van der Waals surface area contributed by atoms with Gasteiger partial charge in [-0.1, -0.05) is 165 Å². The molecule has 0 aliphatic carbocycles. The minimum Gasteiger partial charge on any atom is -0.872 e. The average molecular weight is 652 g/mol. The largest absolute Gasteiger partial charge is 2.00 e. The monoisotopic (exact) mass is 650 g/mol. The summed E-state index contributed by atoms with van der Waals surface area (Å²) >= 11 is 1.28. The Kier molecular flexibility index (Phi) is 10.9. The standard InChI is InChI=1S/C40H50O2S.Ni/c1-37(2,3)25-39(7,8)31-17-13-11-15-29(31)27-19-21-33(41)35(23-27)43-36-24-28(20-22-34(36)42)30-16-12-14-18-32(30)40(9,10)26-38(4,5)6;/h11-24,41-42H,25-26H2,1-10H3;/q;+2/p-2. The molecule has 0 saturated heterocycles. The Hall–Kier alpha value is -2.68. The molecule has 4 rings (SSSR count). The zero-order valence-corrected chi connectivity index (χ0v) is 29.8. The Balaban J connectivity index is 0.00000529. The fourth-order valence-electron chi connectivity index (χ4n) is 7.12. The molecule has 0 bridgehead atoms. The van der Waals surface area contributed by atoms with Crippen LogP contribution in [-0.2, 0) is 27.3 Å². The topological polar surface area (TPSA) is 46.1 Å². The van der Waals surface area contributed by atoms with Gasteiger partial charge in [-0.25, -0.2) is 0 Å². The second-order valence-electron chi connectivity index (χ2n) is 15.8. The van der Waals surface area contributed by atoms with E-state index < -0.39 is 0 Å². The van der Waals surface area contributed by atoms with Crippen molar-refractivity contribution < 1.29 is 26.7 Å². The van der Waals surface area contributed by atoms with Crippen molar-refractivity contribution in [3.8, 4) is 33.8 Å². The van der Waals surface area contributed by atoms with E-state index in [1.807, 2.05) is 24.3 Å². The zero-order valence-electron chi connectivity index (χ0n) is 28.0. The smallest absolute Gasteiger partial charge is 0.872 e.